The highest BCUT2D eigenvalue weighted by Gasteiger charge is 2.10. The van der Waals surface area contributed by atoms with E-state index in [0.29, 0.717) is 5.69 Å². The summed E-state index contributed by atoms with van der Waals surface area (Å²) < 4.78 is 0. The molecule has 0 aliphatic rings. The molecule has 0 atom stereocenters. The largest absolute Gasteiger partial charge is 0.342 e. The zero-order valence-electron chi connectivity index (χ0n) is 8.15. The second-order valence-electron chi connectivity index (χ2n) is 2.81. The zero-order chi connectivity index (χ0) is 11.3. The van der Waals surface area contributed by atoms with E-state index < -0.39 is 11.8 Å². The normalized spacial score (nSPS) is 9.47. The first kappa shape index (κ1) is 11.1. The van der Waals surface area contributed by atoms with Crippen molar-refractivity contribution in [3.63, 3.8) is 0 Å². The van der Waals surface area contributed by atoms with Crippen molar-refractivity contribution < 1.29 is 9.59 Å². The summed E-state index contributed by atoms with van der Waals surface area (Å²) in [6.07, 6.45) is 3.10. The third-order valence-electron chi connectivity index (χ3n) is 1.60. The van der Waals surface area contributed by atoms with Crippen LogP contribution in [-0.2, 0) is 16.1 Å². The first-order valence-corrected chi connectivity index (χ1v) is 4.19. The predicted molar refractivity (Wildman–Crippen MR) is 50.9 cm³/mol. The molecular weight excluding hydrogens is 198 g/mol. The van der Waals surface area contributed by atoms with Crippen molar-refractivity contribution in [2.45, 2.75) is 13.5 Å². The van der Waals surface area contributed by atoms with E-state index in [1.165, 1.54) is 6.20 Å². The molecule has 1 aromatic rings. The van der Waals surface area contributed by atoms with Gasteiger partial charge in [-0.2, -0.15) is 0 Å². The minimum atomic E-state index is -0.893. The minimum absolute atomic E-state index is 0.138. The Hall–Kier alpha value is -2.02. The van der Waals surface area contributed by atoms with Crippen molar-refractivity contribution in [3.05, 3.63) is 23.8 Å². The lowest BCUT2D eigenvalue weighted by Crippen LogP contribution is -2.42. The summed E-state index contributed by atoms with van der Waals surface area (Å²) in [6, 6.07) is 0. The molecule has 7 heteroatoms. The van der Waals surface area contributed by atoms with Crippen LogP contribution in [0.4, 0.5) is 0 Å². The van der Waals surface area contributed by atoms with Crippen LogP contribution in [-0.4, -0.2) is 21.8 Å². The van der Waals surface area contributed by atoms with E-state index in [1.54, 1.807) is 18.5 Å². The number of rotatable bonds is 2. The third-order valence-corrected chi connectivity index (χ3v) is 1.60. The summed E-state index contributed by atoms with van der Waals surface area (Å²) >= 11 is 0. The second-order valence-corrected chi connectivity index (χ2v) is 2.81. The summed E-state index contributed by atoms with van der Waals surface area (Å²) in [4.78, 5) is 29.6. The maximum atomic E-state index is 11.0. The second kappa shape index (κ2) is 5.01. The van der Waals surface area contributed by atoms with Crippen LogP contribution in [0, 0.1) is 6.92 Å². The molecular formula is C8H11N5O2. The molecule has 15 heavy (non-hydrogen) atoms. The van der Waals surface area contributed by atoms with Crippen LogP contribution in [0.2, 0.25) is 0 Å². The molecule has 0 saturated heterocycles. The monoisotopic (exact) mass is 209 g/mol. The lowest BCUT2D eigenvalue weighted by Gasteiger charge is -2.02. The van der Waals surface area contributed by atoms with Gasteiger partial charge in [0.15, 0.2) is 0 Å². The molecule has 0 saturated carbocycles. The molecule has 0 spiro atoms. The standard InChI is InChI=1S/C8H11N5O2/c1-5-2-11-6(3-10-5)4-12-7(14)8(15)13-9/h2-3H,4,9H2,1H3,(H,12,14)(H,13,15). The van der Waals surface area contributed by atoms with E-state index in [4.69, 9.17) is 5.84 Å². The smallest absolute Gasteiger partial charge is 0.323 e. The number of hydrogen-bond donors (Lipinski definition) is 3. The third kappa shape index (κ3) is 3.31. The predicted octanol–water partition coefficient (Wildman–Crippen LogP) is -1.61. The Bertz CT molecular complexity index is 362. The van der Waals surface area contributed by atoms with E-state index in [9.17, 15) is 9.59 Å². The van der Waals surface area contributed by atoms with Crippen LogP contribution in [0.5, 0.6) is 0 Å². The van der Waals surface area contributed by atoms with Crippen molar-refractivity contribution in [1.29, 1.82) is 0 Å². The fourth-order valence-electron chi connectivity index (χ4n) is 0.827. The van der Waals surface area contributed by atoms with Gasteiger partial charge < -0.3 is 5.32 Å². The molecule has 80 valence electrons. The molecule has 1 aromatic heterocycles. The molecule has 7 nitrogen and oxygen atoms in total. The molecule has 0 radical (unpaired) electrons. The lowest BCUT2D eigenvalue weighted by molar-refractivity contribution is -0.139. The Labute approximate surface area is 86.1 Å². The molecule has 0 aliphatic heterocycles. The van der Waals surface area contributed by atoms with E-state index in [1.807, 2.05) is 0 Å². The molecule has 1 rings (SSSR count). The highest BCUT2D eigenvalue weighted by molar-refractivity contribution is 6.34. The van der Waals surface area contributed by atoms with Gasteiger partial charge in [-0.15, -0.1) is 0 Å². The van der Waals surface area contributed by atoms with Gasteiger partial charge in [-0.25, -0.2) is 5.84 Å². The van der Waals surface area contributed by atoms with E-state index in [2.05, 4.69) is 15.3 Å². The first-order chi connectivity index (χ1) is 7.13. The number of hydrazine groups is 1. The number of hydrogen-bond acceptors (Lipinski definition) is 5. The topological polar surface area (TPSA) is 110 Å². The molecule has 2 amide bonds. The number of nitrogens with zero attached hydrogens (tertiary/aromatic N) is 2. The number of carbonyl (C=O) groups excluding carboxylic acids is 2. The van der Waals surface area contributed by atoms with Crippen LogP contribution in [0.1, 0.15) is 11.4 Å². The Kier molecular flexibility index (Phi) is 3.69. The maximum absolute atomic E-state index is 11.0. The molecule has 0 aromatic carbocycles. The van der Waals surface area contributed by atoms with Crippen LogP contribution in [0.25, 0.3) is 0 Å². The molecule has 0 unspecified atom stereocenters. The average molecular weight is 209 g/mol. The summed E-state index contributed by atoms with van der Waals surface area (Å²) in [5.74, 6) is 3.07. The fraction of sp³-hybridized carbons (Fsp3) is 0.250. The first-order valence-electron chi connectivity index (χ1n) is 4.19. The van der Waals surface area contributed by atoms with Crippen molar-refractivity contribution in [2.24, 2.45) is 5.84 Å². The van der Waals surface area contributed by atoms with Gasteiger partial charge in [0.2, 0.25) is 0 Å². The summed E-state index contributed by atoms with van der Waals surface area (Å²) in [5, 5.41) is 2.34. The van der Waals surface area contributed by atoms with Gasteiger partial charge in [-0.3, -0.25) is 25.0 Å². The Morgan fingerprint density at radius 1 is 1.33 bits per heavy atom. The quantitative estimate of drug-likeness (QED) is 0.235. The van der Waals surface area contributed by atoms with Crippen molar-refractivity contribution >= 4 is 11.8 Å². The van der Waals surface area contributed by atoms with Crippen molar-refractivity contribution in [3.8, 4) is 0 Å². The zero-order valence-corrected chi connectivity index (χ0v) is 8.15. The Balaban J connectivity index is 2.47. The summed E-state index contributed by atoms with van der Waals surface area (Å²) in [7, 11) is 0. The minimum Gasteiger partial charge on any atom is -0.342 e. The van der Waals surface area contributed by atoms with Crippen LogP contribution < -0.4 is 16.6 Å². The van der Waals surface area contributed by atoms with Gasteiger partial charge in [-0.1, -0.05) is 0 Å². The SMILES string of the molecule is Cc1cnc(CNC(=O)C(=O)NN)cn1. The van der Waals surface area contributed by atoms with E-state index in [0.717, 1.165) is 5.69 Å². The fourth-order valence-corrected chi connectivity index (χ4v) is 0.827. The van der Waals surface area contributed by atoms with Gasteiger partial charge in [0.05, 0.1) is 24.1 Å². The Morgan fingerprint density at radius 2 is 2.07 bits per heavy atom. The van der Waals surface area contributed by atoms with Crippen LogP contribution >= 0.6 is 0 Å². The van der Waals surface area contributed by atoms with Crippen molar-refractivity contribution in [2.75, 3.05) is 0 Å². The summed E-state index contributed by atoms with van der Waals surface area (Å²) in [5.41, 5.74) is 3.07. The number of aromatic nitrogens is 2. The lowest BCUT2D eigenvalue weighted by atomic mass is 10.4. The molecule has 1 heterocycles. The highest BCUT2D eigenvalue weighted by Crippen LogP contribution is 1.92. The number of nitrogens with two attached hydrogens (primary N) is 1. The van der Waals surface area contributed by atoms with Gasteiger partial charge in [0.25, 0.3) is 0 Å². The summed E-state index contributed by atoms with van der Waals surface area (Å²) in [6.45, 7) is 1.94. The van der Waals surface area contributed by atoms with Gasteiger partial charge >= 0.3 is 11.8 Å². The van der Waals surface area contributed by atoms with Crippen LogP contribution in [0.15, 0.2) is 12.4 Å². The highest BCUT2D eigenvalue weighted by atomic mass is 16.2. The number of amides is 2. The maximum Gasteiger partial charge on any atom is 0.323 e. The van der Waals surface area contributed by atoms with E-state index >= 15 is 0 Å². The molecule has 4 N–H and O–H groups in total. The van der Waals surface area contributed by atoms with Crippen LogP contribution in [0.3, 0.4) is 0 Å². The molecule has 0 bridgehead atoms. The van der Waals surface area contributed by atoms with Gasteiger partial charge in [-0.05, 0) is 6.92 Å². The average Bonchev–Trinajstić information content (AvgIpc) is 2.26. The number of aryl methyl sites for hydroxylation is 1. The number of carbonyl (C=O) groups is 2. The number of nitrogens with one attached hydrogen (secondary N) is 2. The molecule has 0 aliphatic carbocycles. The van der Waals surface area contributed by atoms with Gasteiger partial charge in [0.1, 0.15) is 0 Å². The molecule has 0 fully saturated rings. The van der Waals surface area contributed by atoms with E-state index in [-0.39, 0.29) is 6.54 Å². The Morgan fingerprint density at radius 3 is 2.60 bits per heavy atom. The van der Waals surface area contributed by atoms with Gasteiger partial charge in [0, 0.05) is 6.20 Å². The van der Waals surface area contributed by atoms with Crippen molar-refractivity contribution in [1.82, 2.24) is 20.7 Å².